The molecule has 2 aromatic heterocycles. The first-order valence-electron chi connectivity index (χ1n) is 10.8. The Morgan fingerprint density at radius 1 is 1.00 bits per heavy atom. The molecule has 0 saturated heterocycles. The van der Waals surface area contributed by atoms with Crippen LogP contribution in [0.1, 0.15) is 30.5 Å². The van der Waals surface area contributed by atoms with E-state index < -0.39 is 26.8 Å². The van der Waals surface area contributed by atoms with Crippen molar-refractivity contribution in [2.45, 2.75) is 39.0 Å². The lowest BCUT2D eigenvalue weighted by atomic mass is 9.87. The van der Waals surface area contributed by atoms with Crippen molar-refractivity contribution >= 4 is 16.0 Å². The maximum absolute atomic E-state index is 13.3. The Labute approximate surface area is 208 Å². The molecule has 1 aromatic carbocycles. The molecule has 2 N–H and O–H groups in total. The van der Waals surface area contributed by atoms with E-state index in [1.54, 1.807) is 57.2 Å². The Hall–Kier alpha value is -3.38. The fourth-order valence-corrected chi connectivity index (χ4v) is 4.85. The molecule has 0 fully saturated rings. The van der Waals surface area contributed by atoms with Crippen molar-refractivity contribution in [2.75, 3.05) is 26.1 Å². The molecule has 12 heteroatoms. The van der Waals surface area contributed by atoms with Crippen LogP contribution in [0.5, 0.6) is 17.4 Å². The van der Waals surface area contributed by atoms with Gasteiger partial charge in [-0.1, -0.05) is 32.9 Å². The number of pyridine rings is 1. The summed E-state index contributed by atoms with van der Waals surface area (Å²) in [7, 11) is 0.358. The van der Waals surface area contributed by atoms with E-state index in [9.17, 15) is 13.5 Å². The molecule has 0 unspecified atom stereocenters. The number of benzene rings is 1. The number of nitrogens with zero attached hydrogens (tertiary/aromatic N) is 4. The van der Waals surface area contributed by atoms with Crippen molar-refractivity contribution in [3.05, 3.63) is 36.4 Å². The largest absolute Gasteiger partial charge is 0.494 e. The van der Waals surface area contributed by atoms with Gasteiger partial charge in [-0.2, -0.15) is 0 Å². The van der Waals surface area contributed by atoms with Crippen LogP contribution < -0.4 is 18.9 Å². The first-order valence-corrected chi connectivity index (χ1v) is 12.4. The average molecular weight is 510 g/mol. The zero-order valence-corrected chi connectivity index (χ0v) is 21.6. The van der Waals surface area contributed by atoms with Gasteiger partial charge in [0.05, 0.1) is 27.4 Å². The third kappa shape index (κ3) is 5.33. The van der Waals surface area contributed by atoms with Crippen molar-refractivity contribution in [2.24, 2.45) is 5.41 Å². The molecule has 3 rings (SSSR count). The van der Waals surface area contributed by atoms with Gasteiger partial charge in [-0.05, 0) is 30.5 Å². The third-order valence-electron chi connectivity index (χ3n) is 5.51. The highest BCUT2D eigenvalue weighted by Crippen LogP contribution is 2.38. The normalized spacial score (nSPS) is 13.7. The van der Waals surface area contributed by atoms with Crippen LogP contribution in [0.2, 0.25) is 0 Å². The van der Waals surface area contributed by atoms with E-state index in [1.807, 2.05) is 0 Å². The summed E-state index contributed by atoms with van der Waals surface area (Å²) in [5.41, 5.74) is 0.0745. The maximum Gasteiger partial charge on any atom is 0.243 e. The molecule has 0 aliphatic heterocycles. The topological polar surface area (TPSA) is 138 Å². The lowest BCUT2D eigenvalue weighted by Gasteiger charge is -2.30. The van der Waals surface area contributed by atoms with Gasteiger partial charge in [-0.3, -0.25) is 9.29 Å². The average Bonchev–Trinajstić information content (AvgIpc) is 3.23. The number of rotatable bonds is 9. The Morgan fingerprint density at radius 2 is 1.60 bits per heavy atom. The van der Waals surface area contributed by atoms with Crippen molar-refractivity contribution in [1.29, 1.82) is 0 Å². The van der Waals surface area contributed by atoms with Crippen LogP contribution >= 0.6 is 0 Å². The van der Waals surface area contributed by atoms with Crippen LogP contribution in [0.3, 0.4) is 0 Å². The van der Waals surface area contributed by atoms with Gasteiger partial charge in [0.15, 0.2) is 5.82 Å². The van der Waals surface area contributed by atoms with E-state index in [2.05, 4.69) is 19.9 Å². The number of hydrogen-bond acceptors (Lipinski definition) is 9. The van der Waals surface area contributed by atoms with Crippen LogP contribution in [0.4, 0.5) is 5.95 Å². The quantitative estimate of drug-likeness (QED) is 0.444. The van der Waals surface area contributed by atoms with Crippen LogP contribution in [0.25, 0.3) is 17.2 Å². The lowest BCUT2D eigenvalue weighted by molar-refractivity contribution is 0.0627. The predicted molar refractivity (Wildman–Crippen MR) is 136 cm³/mol. The van der Waals surface area contributed by atoms with Crippen molar-refractivity contribution in [3.63, 3.8) is 0 Å². The molecule has 0 spiro atoms. The molecule has 0 aliphatic rings. The lowest BCUT2D eigenvalue weighted by Crippen LogP contribution is -2.43. The maximum atomic E-state index is 13.3. The van der Waals surface area contributed by atoms with Gasteiger partial charge in [-0.25, -0.2) is 13.4 Å². The molecule has 194 valence electrons. The molecular weight excluding hydrogens is 474 g/mol. The summed E-state index contributed by atoms with van der Waals surface area (Å²) in [6.07, 6.45) is -1.14. The second-order valence-electron chi connectivity index (χ2n) is 8.92. The van der Waals surface area contributed by atoms with E-state index in [-0.39, 0.29) is 14.6 Å². The summed E-state index contributed by atoms with van der Waals surface area (Å²) in [4.78, 5) is 4.42. The van der Waals surface area contributed by atoms with Gasteiger partial charge in [0.1, 0.15) is 28.1 Å². The van der Waals surface area contributed by atoms with Crippen LogP contribution in [0, 0.1) is 5.41 Å². The zero-order chi connectivity index (χ0) is 26.0. The third-order valence-corrected chi connectivity index (χ3v) is 7.21. The van der Waals surface area contributed by atoms with Crippen molar-refractivity contribution in [3.8, 4) is 34.6 Å². The summed E-state index contributed by atoms with van der Waals surface area (Å²) in [6.45, 7) is 6.72. The Bertz CT molecular complexity index is 1270. The summed E-state index contributed by atoms with van der Waals surface area (Å²) in [5.74, 6) is 1.20. The number of sulfonamides is 1. The number of methoxy groups -OCH3 is 3. The minimum absolute atomic E-state index is 0. The number of para-hydroxylation sites is 1. The number of aliphatic hydroxyl groups excluding tert-OH is 1. The van der Waals surface area contributed by atoms with Gasteiger partial charge in [0, 0.05) is 8.92 Å². The minimum Gasteiger partial charge on any atom is -0.494 e. The monoisotopic (exact) mass is 509 g/mol. The number of aromatic nitrogens is 4. The molecule has 2 atom stereocenters. The molecule has 0 saturated carbocycles. The number of hydrogen-bond donors (Lipinski definition) is 2. The van der Waals surface area contributed by atoms with E-state index in [4.69, 9.17) is 14.2 Å². The Kier molecular flexibility index (Phi) is 7.56. The SMILES string of the molecule is COc1cccc(-c2nnc(NS(=O)(=O)[C@H](C)[C@H](O)C(C)(C)C)n2-c2c(OC)cccc2OC)n1.[HH].[HH]. The fraction of sp³-hybridized carbons (Fsp3) is 0.435. The highest BCUT2D eigenvalue weighted by Gasteiger charge is 2.37. The van der Waals surface area contributed by atoms with Gasteiger partial charge in [-0.15, -0.1) is 10.2 Å². The Morgan fingerprint density at radius 3 is 2.14 bits per heavy atom. The molecule has 2 heterocycles. The number of ether oxygens (including phenoxy) is 3. The molecule has 0 amide bonds. The highest BCUT2D eigenvalue weighted by atomic mass is 32.2. The molecule has 0 radical (unpaired) electrons. The number of aliphatic hydroxyl groups is 1. The highest BCUT2D eigenvalue weighted by molar-refractivity contribution is 7.93. The van der Waals surface area contributed by atoms with Gasteiger partial charge < -0.3 is 19.3 Å². The zero-order valence-electron chi connectivity index (χ0n) is 20.8. The van der Waals surface area contributed by atoms with Gasteiger partial charge in [0.25, 0.3) is 0 Å². The van der Waals surface area contributed by atoms with E-state index in [0.29, 0.717) is 28.8 Å². The van der Waals surface area contributed by atoms with E-state index in [0.717, 1.165) is 0 Å². The smallest absolute Gasteiger partial charge is 0.243 e. The van der Waals surface area contributed by atoms with E-state index >= 15 is 0 Å². The summed E-state index contributed by atoms with van der Waals surface area (Å²) in [6, 6.07) is 10.2. The second-order valence-corrected chi connectivity index (χ2v) is 11.0. The molecule has 0 bridgehead atoms. The summed E-state index contributed by atoms with van der Waals surface area (Å²) < 4.78 is 46.8. The Balaban J connectivity index is 0.00000342. The van der Waals surface area contributed by atoms with Gasteiger partial charge >= 0.3 is 0 Å². The minimum atomic E-state index is -4.10. The first kappa shape index (κ1) is 26.2. The summed E-state index contributed by atoms with van der Waals surface area (Å²) in [5, 5.41) is 17.8. The van der Waals surface area contributed by atoms with Crippen LogP contribution in [0.15, 0.2) is 36.4 Å². The molecule has 3 aromatic rings. The molecule has 0 aliphatic carbocycles. The van der Waals surface area contributed by atoms with Crippen molar-refractivity contribution < 1.29 is 30.6 Å². The number of anilines is 1. The van der Waals surface area contributed by atoms with Crippen molar-refractivity contribution in [1.82, 2.24) is 19.7 Å². The molecular formula is C23H35N5O6S. The van der Waals surface area contributed by atoms with E-state index in [1.165, 1.54) is 32.8 Å². The van der Waals surface area contributed by atoms with Gasteiger partial charge in [0.2, 0.25) is 21.9 Å². The number of nitrogens with one attached hydrogen (secondary N) is 1. The molecule has 11 nitrogen and oxygen atoms in total. The first-order chi connectivity index (χ1) is 16.4. The fourth-order valence-electron chi connectivity index (χ4n) is 3.53. The van der Waals surface area contributed by atoms with Crippen LogP contribution in [-0.4, -0.2) is 66.0 Å². The summed E-state index contributed by atoms with van der Waals surface area (Å²) >= 11 is 0. The predicted octanol–water partition coefficient (Wildman–Crippen LogP) is 3.38. The molecule has 35 heavy (non-hydrogen) atoms. The standard InChI is InChI=1S/C23H31N5O6S.2H2/c1-14(20(29)23(2,3)4)35(30,31)27-22-26-25-21(15-10-8-13-18(24-15)34-7)28(22)19-16(32-5)11-9-12-17(19)33-6;;/h8-14,20,29H,1-7H3,(H,26,27);2*1H/t14-,20+;;/m1../s1. The van der Waals surface area contributed by atoms with Crippen LogP contribution in [-0.2, 0) is 10.0 Å². The second kappa shape index (κ2) is 10.1.